The Kier molecular flexibility index (Phi) is 5.52. The molecule has 2 unspecified atom stereocenters. The highest BCUT2D eigenvalue weighted by atomic mass is 32.1. The summed E-state index contributed by atoms with van der Waals surface area (Å²) in [7, 11) is 0. The van der Waals surface area contributed by atoms with Crippen LogP contribution in [0.25, 0.3) is 0 Å². The van der Waals surface area contributed by atoms with E-state index in [9.17, 15) is 14.4 Å². The fourth-order valence-electron chi connectivity index (χ4n) is 3.60. The topological polar surface area (TPSA) is 81.8 Å². The number of nitrogens with zero attached hydrogens (tertiary/aromatic N) is 2. The van der Waals surface area contributed by atoms with Gasteiger partial charge in [-0.05, 0) is 29.9 Å². The standard InChI is InChI=1S/C20H22N4O3S/c25-18-12-23(13-19(26)24(18)9-8-14-5-2-1-3-6-14)20(27)16-11-15(21-22-16)17-7-4-10-28-17/h1-7,10,15-16,21-22H,8-9,11-13H2. The van der Waals surface area contributed by atoms with Gasteiger partial charge < -0.3 is 4.90 Å². The molecular formula is C20H22N4O3S. The summed E-state index contributed by atoms with van der Waals surface area (Å²) < 4.78 is 0. The van der Waals surface area contributed by atoms with Crippen LogP contribution in [0.2, 0.25) is 0 Å². The first-order valence-electron chi connectivity index (χ1n) is 9.32. The Morgan fingerprint density at radius 1 is 1.04 bits per heavy atom. The summed E-state index contributed by atoms with van der Waals surface area (Å²) in [4.78, 5) is 41.5. The normalized spacial score (nSPS) is 22.7. The van der Waals surface area contributed by atoms with E-state index in [1.54, 1.807) is 11.3 Å². The molecule has 2 aliphatic rings. The molecule has 2 N–H and O–H groups in total. The van der Waals surface area contributed by atoms with Crippen LogP contribution in [-0.4, -0.2) is 53.2 Å². The number of amides is 3. The first-order valence-corrected chi connectivity index (χ1v) is 10.2. The molecule has 0 bridgehead atoms. The van der Waals surface area contributed by atoms with Crippen molar-refractivity contribution in [3.63, 3.8) is 0 Å². The number of piperazine rings is 1. The van der Waals surface area contributed by atoms with Crippen LogP contribution in [0, 0.1) is 0 Å². The van der Waals surface area contributed by atoms with Crippen LogP contribution in [0.4, 0.5) is 0 Å². The molecule has 2 atom stereocenters. The summed E-state index contributed by atoms with van der Waals surface area (Å²) in [6.07, 6.45) is 1.21. The lowest BCUT2D eigenvalue weighted by atomic mass is 10.1. The van der Waals surface area contributed by atoms with Crippen LogP contribution in [0.5, 0.6) is 0 Å². The number of carbonyl (C=O) groups excluding carboxylic acids is 3. The van der Waals surface area contributed by atoms with Gasteiger partial charge in [0.05, 0.1) is 6.04 Å². The highest BCUT2D eigenvalue weighted by Gasteiger charge is 2.38. The predicted octanol–water partition coefficient (Wildman–Crippen LogP) is 1.10. The molecule has 0 aliphatic carbocycles. The number of benzene rings is 1. The number of imide groups is 1. The molecule has 28 heavy (non-hydrogen) atoms. The largest absolute Gasteiger partial charge is 0.323 e. The minimum absolute atomic E-state index is 0.0544. The van der Waals surface area contributed by atoms with E-state index in [4.69, 9.17) is 0 Å². The maximum absolute atomic E-state index is 12.8. The second kappa shape index (κ2) is 8.22. The van der Waals surface area contributed by atoms with Gasteiger partial charge in [-0.1, -0.05) is 36.4 Å². The molecule has 8 heteroatoms. The number of thiophene rings is 1. The fraction of sp³-hybridized carbons (Fsp3) is 0.350. The molecule has 2 fully saturated rings. The third kappa shape index (κ3) is 3.99. The Hall–Kier alpha value is -2.55. The van der Waals surface area contributed by atoms with Gasteiger partial charge in [0.2, 0.25) is 17.7 Å². The Morgan fingerprint density at radius 3 is 2.46 bits per heavy atom. The van der Waals surface area contributed by atoms with E-state index in [1.165, 1.54) is 9.80 Å². The summed E-state index contributed by atoms with van der Waals surface area (Å²) in [6, 6.07) is 13.4. The zero-order valence-corrected chi connectivity index (χ0v) is 16.2. The first kappa shape index (κ1) is 18.8. The van der Waals surface area contributed by atoms with Gasteiger partial charge >= 0.3 is 0 Å². The summed E-state index contributed by atoms with van der Waals surface area (Å²) >= 11 is 1.63. The number of hydrogen-bond donors (Lipinski definition) is 2. The van der Waals surface area contributed by atoms with E-state index < -0.39 is 6.04 Å². The maximum Gasteiger partial charge on any atom is 0.248 e. The van der Waals surface area contributed by atoms with Crippen molar-refractivity contribution < 1.29 is 14.4 Å². The van der Waals surface area contributed by atoms with Gasteiger partial charge in [0.25, 0.3) is 0 Å². The van der Waals surface area contributed by atoms with Crippen molar-refractivity contribution in [2.75, 3.05) is 19.6 Å². The zero-order chi connectivity index (χ0) is 19.5. The third-order valence-electron chi connectivity index (χ3n) is 5.12. The quantitative estimate of drug-likeness (QED) is 0.737. The molecule has 3 heterocycles. The average Bonchev–Trinajstić information content (AvgIpc) is 3.39. The molecule has 2 aliphatic heterocycles. The molecular weight excluding hydrogens is 376 g/mol. The van der Waals surface area contributed by atoms with Crippen LogP contribution in [-0.2, 0) is 20.8 Å². The van der Waals surface area contributed by atoms with Crippen LogP contribution >= 0.6 is 11.3 Å². The number of rotatable bonds is 5. The minimum Gasteiger partial charge on any atom is -0.323 e. The molecule has 7 nitrogen and oxygen atoms in total. The Bertz CT molecular complexity index is 838. The fourth-order valence-corrected chi connectivity index (χ4v) is 4.39. The van der Waals surface area contributed by atoms with Gasteiger partial charge in [0, 0.05) is 11.4 Å². The van der Waals surface area contributed by atoms with E-state index >= 15 is 0 Å². The van der Waals surface area contributed by atoms with E-state index in [-0.39, 0.29) is 36.9 Å². The molecule has 0 radical (unpaired) electrons. The summed E-state index contributed by atoms with van der Waals surface area (Å²) in [6.45, 7) is 0.232. The molecule has 1 aromatic carbocycles. The van der Waals surface area contributed by atoms with E-state index in [0.717, 1.165) is 10.4 Å². The van der Waals surface area contributed by atoms with Crippen LogP contribution in [0.3, 0.4) is 0 Å². The van der Waals surface area contributed by atoms with Gasteiger partial charge in [-0.2, -0.15) is 0 Å². The van der Waals surface area contributed by atoms with Crippen LogP contribution in [0.1, 0.15) is 22.9 Å². The summed E-state index contributed by atoms with van der Waals surface area (Å²) in [5, 5.41) is 2.00. The Morgan fingerprint density at radius 2 is 1.79 bits per heavy atom. The summed E-state index contributed by atoms with van der Waals surface area (Å²) in [5.74, 6) is -0.849. The highest BCUT2D eigenvalue weighted by molar-refractivity contribution is 7.10. The molecule has 0 saturated carbocycles. The van der Waals surface area contributed by atoms with Crippen molar-refractivity contribution in [1.82, 2.24) is 20.7 Å². The van der Waals surface area contributed by atoms with E-state index in [2.05, 4.69) is 10.9 Å². The van der Waals surface area contributed by atoms with Gasteiger partial charge in [0.15, 0.2) is 0 Å². The SMILES string of the molecule is O=C(C1CC(c2cccs2)NN1)N1CC(=O)N(CCc2ccccc2)C(=O)C1. The third-order valence-corrected chi connectivity index (χ3v) is 6.11. The maximum atomic E-state index is 12.8. The van der Waals surface area contributed by atoms with E-state index in [1.807, 2.05) is 47.8 Å². The van der Waals surface area contributed by atoms with Crippen LogP contribution < -0.4 is 10.9 Å². The number of carbonyl (C=O) groups is 3. The van der Waals surface area contributed by atoms with Gasteiger partial charge in [-0.25, -0.2) is 10.9 Å². The van der Waals surface area contributed by atoms with Crippen molar-refractivity contribution in [1.29, 1.82) is 0 Å². The Balaban J connectivity index is 1.33. The zero-order valence-electron chi connectivity index (χ0n) is 15.3. The van der Waals surface area contributed by atoms with E-state index in [0.29, 0.717) is 19.4 Å². The number of hydrazine groups is 1. The smallest absolute Gasteiger partial charge is 0.248 e. The highest BCUT2D eigenvalue weighted by Crippen LogP contribution is 2.26. The molecule has 4 rings (SSSR count). The molecule has 0 spiro atoms. The Labute approximate surface area is 167 Å². The minimum atomic E-state index is -0.441. The van der Waals surface area contributed by atoms with Crippen molar-refractivity contribution in [3.05, 3.63) is 58.3 Å². The lowest BCUT2D eigenvalue weighted by molar-refractivity contribution is -0.157. The van der Waals surface area contributed by atoms with Gasteiger partial charge in [-0.3, -0.25) is 19.3 Å². The second-order valence-electron chi connectivity index (χ2n) is 7.01. The molecule has 146 valence electrons. The first-order chi connectivity index (χ1) is 13.6. The van der Waals surface area contributed by atoms with Gasteiger partial charge in [0.1, 0.15) is 19.1 Å². The second-order valence-corrected chi connectivity index (χ2v) is 7.99. The number of hydrogen-bond acceptors (Lipinski definition) is 6. The van der Waals surface area contributed by atoms with Crippen molar-refractivity contribution >= 4 is 29.1 Å². The lowest BCUT2D eigenvalue weighted by Crippen LogP contribution is -2.58. The van der Waals surface area contributed by atoms with Gasteiger partial charge in [-0.15, -0.1) is 11.3 Å². The predicted molar refractivity (Wildman–Crippen MR) is 105 cm³/mol. The molecule has 2 saturated heterocycles. The van der Waals surface area contributed by atoms with Crippen LogP contribution in [0.15, 0.2) is 47.8 Å². The summed E-state index contributed by atoms with van der Waals surface area (Å²) in [5.41, 5.74) is 7.21. The molecule has 2 aromatic rings. The van der Waals surface area contributed by atoms with Crippen molar-refractivity contribution in [3.8, 4) is 0 Å². The number of nitrogens with one attached hydrogen (secondary N) is 2. The lowest BCUT2D eigenvalue weighted by Gasteiger charge is -2.33. The molecule has 3 amide bonds. The van der Waals surface area contributed by atoms with Crippen molar-refractivity contribution in [2.24, 2.45) is 0 Å². The average molecular weight is 398 g/mol. The van der Waals surface area contributed by atoms with Crippen molar-refractivity contribution in [2.45, 2.75) is 24.9 Å². The monoisotopic (exact) mass is 398 g/mol. The molecule has 1 aromatic heterocycles.